The number of rotatable bonds is 6. The lowest BCUT2D eigenvalue weighted by molar-refractivity contribution is -0.274. The van der Waals surface area contributed by atoms with Gasteiger partial charge in [0.05, 0.1) is 6.54 Å². The summed E-state index contributed by atoms with van der Waals surface area (Å²) in [6, 6.07) is 17.2. The molecule has 0 radical (unpaired) electrons. The van der Waals surface area contributed by atoms with E-state index in [0.29, 0.717) is 18.8 Å². The van der Waals surface area contributed by atoms with Crippen LogP contribution in [0, 0.1) is 0 Å². The van der Waals surface area contributed by atoms with E-state index in [2.05, 4.69) is 25.1 Å². The molecule has 0 amide bonds. The Hall–Kier alpha value is -3.75. The number of tetrazole rings is 1. The van der Waals surface area contributed by atoms with E-state index in [-0.39, 0.29) is 5.75 Å². The van der Waals surface area contributed by atoms with Gasteiger partial charge < -0.3 is 4.74 Å². The first kappa shape index (κ1) is 19.6. The summed E-state index contributed by atoms with van der Waals surface area (Å²) in [6.45, 7) is 0.471. The SMILES string of the molecule is FC(F)(F)Oc1ccc(Cc2ccccc2-c2nnn(Cc3ccncc3)n2)cc1. The molecule has 0 unspecified atom stereocenters. The van der Waals surface area contributed by atoms with Crippen molar-refractivity contribution in [2.45, 2.75) is 19.3 Å². The summed E-state index contributed by atoms with van der Waals surface area (Å²) in [5, 5.41) is 12.7. The Balaban J connectivity index is 1.52. The first-order valence-electron chi connectivity index (χ1n) is 9.06. The number of hydrogen-bond acceptors (Lipinski definition) is 5. The number of benzene rings is 2. The van der Waals surface area contributed by atoms with Gasteiger partial charge >= 0.3 is 6.36 Å². The monoisotopic (exact) mass is 411 g/mol. The summed E-state index contributed by atoms with van der Waals surface area (Å²) >= 11 is 0. The van der Waals surface area contributed by atoms with Crippen LogP contribution in [0.1, 0.15) is 16.7 Å². The van der Waals surface area contributed by atoms with Crippen LogP contribution >= 0.6 is 0 Å². The van der Waals surface area contributed by atoms with E-state index in [1.54, 1.807) is 24.5 Å². The van der Waals surface area contributed by atoms with E-state index in [9.17, 15) is 13.2 Å². The summed E-state index contributed by atoms with van der Waals surface area (Å²) < 4.78 is 40.9. The molecule has 0 saturated heterocycles. The van der Waals surface area contributed by atoms with E-state index in [1.807, 2.05) is 36.4 Å². The topological polar surface area (TPSA) is 65.7 Å². The van der Waals surface area contributed by atoms with Gasteiger partial charge in [-0.15, -0.1) is 23.4 Å². The van der Waals surface area contributed by atoms with Crippen LogP contribution < -0.4 is 4.74 Å². The second-order valence-electron chi connectivity index (χ2n) is 6.52. The Labute approximate surface area is 170 Å². The molecule has 0 aliphatic heterocycles. The lowest BCUT2D eigenvalue weighted by Gasteiger charge is -2.10. The zero-order valence-corrected chi connectivity index (χ0v) is 15.6. The Kier molecular flexibility index (Phi) is 5.42. The molecule has 2 aromatic heterocycles. The van der Waals surface area contributed by atoms with Crippen LogP contribution in [-0.2, 0) is 13.0 Å². The van der Waals surface area contributed by atoms with Crippen LogP contribution in [-0.4, -0.2) is 31.6 Å². The van der Waals surface area contributed by atoms with E-state index in [4.69, 9.17) is 0 Å². The Morgan fingerprint density at radius 2 is 1.60 bits per heavy atom. The van der Waals surface area contributed by atoms with Crippen molar-refractivity contribution in [3.05, 3.63) is 89.7 Å². The molecule has 0 aliphatic carbocycles. The van der Waals surface area contributed by atoms with Crippen LogP contribution in [0.25, 0.3) is 11.4 Å². The molecule has 0 N–H and O–H groups in total. The standard InChI is InChI=1S/C21H16F3N5O/c22-21(23,24)30-18-7-5-15(6-8-18)13-17-3-1-2-4-19(17)20-26-28-29(27-20)14-16-9-11-25-12-10-16/h1-12H,13-14H2. The zero-order valence-electron chi connectivity index (χ0n) is 15.6. The molecule has 0 atom stereocenters. The highest BCUT2D eigenvalue weighted by Gasteiger charge is 2.30. The Morgan fingerprint density at radius 3 is 2.33 bits per heavy atom. The maximum Gasteiger partial charge on any atom is 0.573 e. The number of halogens is 3. The minimum atomic E-state index is -4.71. The van der Waals surface area contributed by atoms with Gasteiger partial charge in [-0.1, -0.05) is 36.4 Å². The Bertz CT molecular complexity index is 1110. The quantitative estimate of drug-likeness (QED) is 0.474. The number of aromatic nitrogens is 5. The number of alkyl halides is 3. The van der Waals surface area contributed by atoms with Crippen molar-refractivity contribution >= 4 is 0 Å². The zero-order chi connectivity index (χ0) is 21.0. The largest absolute Gasteiger partial charge is 0.573 e. The molecule has 0 bridgehead atoms. The molecule has 4 aromatic rings. The van der Waals surface area contributed by atoms with Gasteiger partial charge in [-0.25, -0.2) is 0 Å². The molecule has 0 fully saturated rings. The lowest BCUT2D eigenvalue weighted by Crippen LogP contribution is -2.17. The summed E-state index contributed by atoms with van der Waals surface area (Å²) in [7, 11) is 0. The van der Waals surface area contributed by atoms with Crippen molar-refractivity contribution < 1.29 is 17.9 Å². The first-order valence-corrected chi connectivity index (χ1v) is 9.06. The van der Waals surface area contributed by atoms with Gasteiger partial charge in [0, 0.05) is 18.0 Å². The van der Waals surface area contributed by atoms with Crippen LogP contribution in [0.3, 0.4) is 0 Å². The summed E-state index contributed by atoms with van der Waals surface area (Å²) in [5.41, 5.74) is 3.59. The van der Waals surface area contributed by atoms with Gasteiger partial charge in [0.25, 0.3) is 0 Å². The highest BCUT2D eigenvalue weighted by atomic mass is 19.4. The maximum atomic E-state index is 12.3. The van der Waals surface area contributed by atoms with Crippen molar-refractivity contribution in [2.24, 2.45) is 0 Å². The second kappa shape index (κ2) is 8.32. The number of hydrogen-bond donors (Lipinski definition) is 0. The van der Waals surface area contributed by atoms with Gasteiger partial charge in [0.2, 0.25) is 5.82 Å². The highest BCUT2D eigenvalue weighted by molar-refractivity contribution is 5.60. The average molecular weight is 411 g/mol. The number of nitrogens with zero attached hydrogens (tertiary/aromatic N) is 5. The van der Waals surface area contributed by atoms with Crippen LogP contribution in [0.15, 0.2) is 73.1 Å². The van der Waals surface area contributed by atoms with Crippen molar-refractivity contribution in [3.63, 3.8) is 0 Å². The molecular formula is C21H16F3N5O. The molecule has 9 heteroatoms. The fraction of sp³-hybridized carbons (Fsp3) is 0.143. The third kappa shape index (κ3) is 4.99. The van der Waals surface area contributed by atoms with Crippen molar-refractivity contribution in [2.75, 3.05) is 0 Å². The molecule has 0 saturated carbocycles. The number of ether oxygens (including phenoxy) is 1. The normalized spacial score (nSPS) is 11.4. The summed E-state index contributed by atoms with van der Waals surface area (Å²) in [4.78, 5) is 5.49. The average Bonchev–Trinajstić information content (AvgIpc) is 3.18. The van der Waals surface area contributed by atoms with E-state index >= 15 is 0 Å². The molecule has 0 spiro atoms. The highest BCUT2D eigenvalue weighted by Crippen LogP contribution is 2.26. The van der Waals surface area contributed by atoms with E-state index in [1.165, 1.54) is 16.9 Å². The predicted molar refractivity (Wildman–Crippen MR) is 103 cm³/mol. The summed E-state index contributed by atoms with van der Waals surface area (Å²) in [6.07, 6.45) is -0.801. The maximum absolute atomic E-state index is 12.3. The van der Waals surface area contributed by atoms with E-state index in [0.717, 1.165) is 22.3 Å². The molecule has 2 aromatic carbocycles. The fourth-order valence-corrected chi connectivity index (χ4v) is 2.99. The van der Waals surface area contributed by atoms with Crippen molar-refractivity contribution in [1.29, 1.82) is 0 Å². The molecule has 2 heterocycles. The van der Waals surface area contributed by atoms with Gasteiger partial charge in [0.1, 0.15) is 5.75 Å². The third-order valence-corrected chi connectivity index (χ3v) is 4.34. The van der Waals surface area contributed by atoms with E-state index < -0.39 is 6.36 Å². The molecule has 152 valence electrons. The molecule has 4 rings (SSSR count). The second-order valence-corrected chi connectivity index (χ2v) is 6.52. The van der Waals surface area contributed by atoms with Gasteiger partial charge in [-0.05, 0) is 52.6 Å². The fourth-order valence-electron chi connectivity index (χ4n) is 2.99. The van der Waals surface area contributed by atoms with Crippen molar-refractivity contribution in [1.82, 2.24) is 25.2 Å². The predicted octanol–water partition coefficient (Wildman–Crippen LogP) is 4.27. The van der Waals surface area contributed by atoms with Crippen LogP contribution in [0.4, 0.5) is 13.2 Å². The van der Waals surface area contributed by atoms with Crippen molar-refractivity contribution in [3.8, 4) is 17.1 Å². The lowest BCUT2D eigenvalue weighted by atomic mass is 9.99. The van der Waals surface area contributed by atoms with Crippen LogP contribution in [0.5, 0.6) is 5.75 Å². The number of pyridine rings is 1. The molecule has 30 heavy (non-hydrogen) atoms. The smallest absolute Gasteiger partial charge is 0.406 e. The molecule has 0 aliphatic rings. The van der Waals surface area contributed by atoms with Gasteiger partial charge in [-0.2, -0.15) is 4.80 Å². The molecule has 6 nitrogen and oxygen atoms in total. The summed E-state index contributed by atoms with van der Waals surface area (Å²) in [5.74, 6) is 0.233. The van der Waals surface area contributed by atoms with Gasteiger partial charge in [-0.3, -0.25) is 4.98 Å². The Morgan fingerprint density at radius 1 is 0.867 bits per heavy atom. The van der Waals surface area contributed by atoms with Gasteiger partial charge in [0.15, 0.2) is 0 Å². The molecular weight excluding hydrogens is 395 g/mol. The first-order chi connectivity index (χ1) is 14.5. The minimum Gasteiger partial charge on any atom is -0.406 e. The van der Waals surface area contributed by atoms with Crippen LogP contribution in [0.2, 0.25) is 0 Å². The minimum absolute atomic E-state index is 0.250. The third-order valence-electron chi connectivity index (χ3n) is 4.34.